The van der Waals surface area contributed by atoms with Gasteiger partial charge in [-0.2, -0.15) is 5.10 Å². The molecule has 3 N–H and O–H groups in total. The number of methoxy groups -OCH3 is 1. The van der Waals surface area contributed by atoms with Gasteiger partial charge >= 0.3 is 0 Å². The average Bonchev–Trinajstić information content (AvgIpc) is 3.78. The van der Waals surface area contributed by atoms with Crippen LogP contribution in [0.25, 0.3) is 0 Å². The van der Waals surface area contributed by atoms with Gasteiger partial charge in [0.1, 0.15) is 12.0 Å². The summed E-state index contributed by atoms with van der Waals surface area (Å²) in [4.78, 5) is 12.2. The molecular weight excluding hydrogens is 500 g/mol. The molecule has 1 aromatic carbocycles. The first-order valence-corrected chi connectivity index (χ1v) is 13.3. The lowest BCUT2D eigenvalue weighted by molar-refractivity contribution is -0.0395. The Morgan fingerprint density at radius 2 is 1.87 bits per heavy atom. The normalized spacial score (nSPS) is 23.1. The van der Waals surface area contributed by atoms with Crippen molar-refractivity contribution in [1.29, 1.82) is 0 Å². The summed E-state index contributed by atoms with van der Waals surface area (Å²) in [6, 6.07) is 10.1. The molecule has 9 heteroatoms. The zero-order valence-corrected chi connectivity index (χ0v) is 21.8. The van der Waals surface area contributed by atoms with Gasteiger partial charge in [-0.25, -0.2) is 4.68 Å². The molecule has 1 fully saturated rings. The maximum absolute atomic E-state index is 6.72. The molecule has 194 valence electrons. The monoisotopic (exact) mass is 528 g/mol. The first-order chi connectivity index (χ1) is 18.7. The minimum absolute atomic E-state index is 0.0692. The number of hydrogen-bond donors (Lipinski definition) is 3. The molecule has 0 spiro atoms. The van der Waals surface area contributed by atoms with E-state index in [1.165, 1.54) is 0 Å². The topological polar surface area (TPSA) is 86.9 Å². The number of anilines is 2. The molecule has 0 saturated carbocycles. The van der Waals surface area contributed by atoms with Crippen LogP contribution in [-0.4, -0.2) is 38.4 Å². The van der Waals surface area contributed by atoms with Gasteiger partial charge in [0.2, 0.25) is 0 Å². The van der Waals surface area contributed by atoms with E-state index in [4.69, 9.17) is 26.2 Å². The maximum atomic E-state index is 6.72. The number of nitrogens with zero attached hydrogens (tertiary/aromatic N) is 3. The quantitative estimate of drug-likeness (QED) is 0.236. The van der Waals surface area contributed by atoms with E-state index in [-0.39, 0.29) is 12.3 Å². The number of aromatic amines is 3. The zero-order valence-electron chi connectivity index (χ0n) is 21.0. The van der Waals surface area contributed by atoms with Gasteiger partial charge in [0.05, 0.1) is 36.1 Å². The van der Waals surface area contributed by atoms with E-state index in [1.807, 2.05) is 47.8 Å². The summed E-state index contributed by atoms with van der Waals surface area (Å²) in [5, 5.41) is 5.49. The van der Waals surface area contributed by atoms with Crippen molar-refractivity contribution in [3.8, 4) is 5.75 Å². The summed E-state index contributed by atoms with van der Waals surface area (Å²) in [5.74, 6) is 0.730. The van der Waals surface area contributed by atoms with Gasteiger partial charge in [0.25, 0.3) is 0 Å². The molecular formula is C29H29ClN6O2. The van der Waals surface area contributed by atoms with E-state index in [0.29, 0.717) is 5.02 Å². The van der Waals surface area contributed by atoms with Crippen molar-refractivity contribution in [3.05, 3.63) is 107 Å². The number of H-pyrrole nitrogens is 3. The Labute approximate surface area is 225 Å². The molecule has 0 radical (unpaired) electrons. The first-order valence-electron chi connectivity index (χ1n) is 12.9. The lowest BCUT2D eigenvalue weighted by Gasteiger charge is -2.39. The number of nitrogens with one attached hydrogen (secondary N) is 3. The Morgan fingerprint density at radius 1 is 1.03 bits per heavy atom. The van der Waals surface area contributed by atoms with Crippen molar-refractivity contribution < 1.29 is 9.47 Å². The number of hydrogen-bond acceptors (Lipinski definition) is 4. The van der Waals surface area contributed by atoms with E-state index in [2.05, 4.69) is 56.6 Å². The highest BCUT2D eigenvalue weighted by molar-refractivity contribution is 6.31. The van der Waals surface area contributed by atoms with Crippen molar-refractivity contribution in [2.45, 2.75) is 36.9 Å². The number of halogens is 1. The Kier molecular flexibility index (Phi) is 5.60. The molecule has 1 saturated heterocycles. The Bertz CT molecular complexity index is 1520. The van der Waals surface area contributed by atoms with Gasteiger partial charge in [0, 0.05) is 66.1 Å². The predicted octanol–water partition coefficient (Wildman–Crippen LogP) is 6.46. The van der Waals surface area contributed by atoms with E-state index in [0.717, 1.165) is 65.2 Å². The van der Waals surface area contributed by atoms with Crippen LogP contribution in [0.15, 0.2) is 79.9 Å². The van der Waals surface area contributed by atoms with E-state index < -0.39 is 5.41 Å². The fourth-order valence-electron chi connectivity index (χ4n) is 6.42. The van der Waals surface area contributed by atoms with Crippen LogP contribution < -0.4 is 9.64 Å². The molecule has 2 aliphatic heterocycles. The summed E-state index contributed by atoms with van der Waals surface area (Å²) < 4.78 is 14.2. The maximum Gasteiger partial charge on any atom is 0.150 e. The third-order valence-corrected chi connectivity index (χ3v) is 8.16. The van der Waals surface area contributed by atoms with Crippen LogP contribution in [0.4, 0.5) is 11.4 Å². The number of fused-ring (bicyclic) bond motifs is 1. The summed E-state index contributed by atoms with van der Waals surface area (Å²) in [5.41, 5.74) is 5.66. The highest BCUT2D eigenvalue weighted by atomic mass is 35.5. The van der Waals surface area contributed by atoms with Crippen molar-refractivity contribution in [1.82, 2.24) is 24.7 Å². The van der Waals surface area contributed by atoms with Crippen LogP contribution in [0, 0.1) is 0 Å². The third-order valence-electron chi connectivity index (χ3n) is 7.95. The SMILES string of the molecule is COc1cc(Cl)cc2c1C(c1cc[nH]c1)(c1cnn(C3CCCCO3)c1)C(c1cc[nH]c1)N2c1cc[nH]c1. The standard InChI is InChI=1S/C29H29ClN6O2/c1-37-25-13-22(30)12-24-27(25)29(20-6-9-32-15-20,21-16-34-35(18-21)26-4-2-3-11-38-26)28(19-5-8-31-14-19)36(24)23-7-10-33-17-23/h5-10,12-18,26,28,31-33H,2-4,11H2,1H3. The van der Waals surface area contributed by atoms with Crippen molar-refractivity contribution in [3.63, 3.8) is 0 Å². The number of ether oxygens (including phenoxy) is 2. The minimum atomic E-state index is -0.683. The summed E-state index contributed by atoms with van der Waals surface area (Å²) in [6.07, 6.45) is 19.3. The van der Waals surface area contributed by atoms with Gasteiger partial charge in [-0.05, 0) is 60.7 Å². The Hall–Kier alpha value is -3.88. The van der Waals surface area contributed by atoms with Crippen LogP contribution in [0.3, 0.4) is 0 Å². The lowest BCUT2D eigenvalue weighted by atomic mass is 9.66. The molecule has 3 unspecified atom stereocenters. The highest BCUT2D eigenvalue weighted by Gasteiger charge is 2.57. The molecule has 2 aliphatic rings. The fourth-order valence-corrected chi connectivity index (χ4v) is 6.62. The molecule has 8 nitrogen and oxygen atoms in total. The second-order valence-corrected chi connectivity index (χ2v) is 10.4. The van der Waals surface area contributed by atoms with Crippen LogP contribution in [-0.2, 0) is 10.2 Å². The highest BCUT2D eigenvalue weighted by Crippen LogP contribution is 2.64. The number of aromatic nitrogens is 5. The predicted molar refractivity (Wildman–Crippen MR) is 146 cm³/mol. The van der Waals surface area contributed by atoms with Crippen molar-refractivity contribution in [2.75, 3.05) is 18.6 Å². The Morgan fingerprint density at radius 3 is 2.58 bits per heavy atom. The van der Waals surface area contributed by atoms with Crippen LogP contribution >= 0.6 is 11.6 Å². The van der Waals surface area contributed by atoms with Gasteiger partial charge in [0.15, 0.2) is 0 Å². The summed E-state index contributed by atoms with van der Waals surface area (Å²) in [6.45, 7) is 0.755. The molecule has 0 aliphatic carbocycles. The van der Waals surface area contributed by atoms with Crippen molar-refractivity contribution >= 4 is 23.0 Å². The molecule has 0 bridgehead atoms. The number of rotatable bonds is 6. The van der Waals surface area contributed by atoms with Crippen LogP contribution in [0.5, 0.6) is 5.75 Å². The molecule has 7 rings (SSSR count). The zero-order chi connectivity index (χ0) is 25.7. The smallest absolute Gasteiger partial charge is 0.150 e. The second kappa shape index (κ2) is 9.15. The molecule has 3 atom stereocenters. The van der Waals surface area contributed by atoms with Gasteiger partial charge in [-0.15, -0.1) is 0 Å². The largest absolute Gasteiger partial charge is 0.496 e. The molecule has 0 amide bonds. The van der Waals surface area contributed by atoms with E-state index >= 15 is 0 Å². The Balaban J connectivity index is 1.57. The average molecular weight is 529 g/mol. The van der Waals surface area contributed by atoms with Gasteiger partial charge in [-0.1, -0.05) is 11.6 Å². The van der Waals surface area contributed by atoms with Crippen molar-refractivity contribution in [2.24, 2.45) is 0 Å². The third kappa shape index (κ3) is 3.37. The number of benzene rings is 1. The van der Waals surface area contributed by atoms with E-state index in [9.17, 15) is 0 Å². The summed E-state index contributed by atoms with van der Waals surface area (Å²) >= 11 is 6.72. The minimum Gasteiger partial charge on any atom is -0.496 e. The summed E-state index contributed by atoms with van der Waals surface area (Å²) in [7, 11) is 1.71. The molecule has 5 aromatic rings. The van der Waals surface area contributed by atoms with E-state index in [1.54, 1.807) is 7.11 Å². The van der Waals surface area contributed by atoms with Crippen LogP contribution in [0.2, 0.25) is 5.02 Å². The molecule has 38 heavy (non-hydrogen) atoms. The fraction of sp³-hybridized carbons (Fsp3) is 0.276. The van der Waals surface area contributed by atoms with Gasteiger partial charge in [-0.3, -0.25) is 0 Å². The lowest BCUT2D eigenvalue weighted by Crippen LogP contribution is -2.37. The second-order valence-electron chi connectivity index (χ2n) is 9.93. The molecule has 4 aromatic heterocycles. The van der Waals surface area contributed by atoms with Crippen LogP contribution in [0.1, 0.15) is 53.8 Å². The molecule has 6 heterocycles. The van der Waals surface area contributed by atoms with Gasteiger partial charge < -0.3 is 29.3 Å². The first kappa shape index (κ1) is 23.3.